The number of likely N-dealkylation sites (tertiary alicyclic amines) is 1. The highest BCUT2D eigenvalue weighted by molar-refractivity contribution is 5.87. The van der Waals surface area contributed by atoms with Gasteiger partial charge in [-0.3, -0.25) is 9.59 Å². The van der Waals surface area contributed by atoms with Gasteiger partial charge in [-0.15, -0.1) is 0 Å². The number of rotatable bonds is 6. The van der Waals surface area contributed by atoms with E-state index in [-0.39, 0.29) is 36.8 Å². The lowest BCUT2D eigenvalue weighted by atomic mass is 9.98. The molecule has 2 aromatic rings. The fourth-order valence-corrected chi connectivity index (χ4v) is 5.24. The molecule has 0 radical (unpaired) electrons. The highest BCUT2D eigenvalue weighted by Crippen LogP contribution is 2.44. The van der Waals surface area contributed by atoms with E-state index in [0.717, 1.165) is 35.1 Å². The topological polar surface area (TPSA) is 95.9 Å². The minimum Gasteiger partial charge on any atom is -0.481 e. The minimum atomic E-state index is -0.884. The number of carbonyl (C=O) groups excluding carboxylic acids is 2. The SMILES string of the molecule is CC1CN(C(=O)C(NC(=O)OCC2c3ccccc3-c3ccccc32)C2CC2)CC1C(=O)O. The van der Waals surface area contributed by atoms with Crippen molar-refractivity contribution >= 4 is 18.0 Å². The Hall–Kier alpha value is -3.35. The second-order valence-electron chi connectivity index (χ2n) is 9.45. The number of hydrogen-bond acceptors (Lipinski definition) is 4. The lowest BCUT2D eigenvalue weighted by Crippen LogP contribution is -2.49. The summed E-state index contributed by atoms with van der Waals surface area (Å²) in [6.45, 7) is 2.61. The molecule has 7 heteroatoms. The first-order chi connectivity index (χ1) is 15.9. The normalized spacial score (nSPS) is 22.4. The van der Waals surface area contributed by atoms with Gasteiger partial charge in [0.25, 0.3) is 0 Å². The summed E-state index contributed by atoms with van der Waals surface area (Å²) in [4.78, 5) is 38.9. The summed E-state index contributed by atoms with van der Waals surface area (Å²) >= 11 is 0. The Balaban J connectivity index is 1.24. The second kappa shape index (κ2) is 8.54. The van der Waals surface area contributed by atoms with Crippen LogP contribution in [0.4, 0.5) is 4.79 Å². The van der Waals surface area contributed by atoms with Crippen molar-refractivity contribution in [3.8, 4) is 11.1 Å². The zero-order valence-electron chi connectivity index (χ0n) is 18.6. The van der Waals surface area contributed by atoms with Crippen molar-refractivity contribution in [2.24, 2.45) is 17.8 Å². The maximum absolute atomic E-state index is 13.1. The number of alkyl carbamates (subject to hydrolysis) is 1. The van der Waals surface area contributed by atoms with Gasteiger partial charge in [-0.25, -0.2) is 4.79 Å². The largest absolute Gasteiger partial charge is 0.481 e. The van der Waals surface area contributed by atoms with E-state index in [2.05, 4.69) is 29.6 Å². The number of benzene rings is 2. The molecule has 0 aromatic heterocycles. The van der Waals surface area contributed by atoms with Gasteiger partial charge in [0.2, 0.25) is 5.91 Å². The van der Waals surface area contributed by atoms with Crippen LogP contribution in [0.2, 0.25) is 0 Å². The number of nitrogens with zero attached hydrogens (tertiary/aromatic N) is 1. The quantitative estimate of drug-likeness (QED) is 0.705. The molecule has 1 saturated carbocycles. The van der Waals surface area contributed by atoms with Gasteiger partial charge in [0.1, 0.15) is 12.6 Å². The average molecular weight is 449 g/mol. The standard InChI is InChI=1S/C26H28N2O5/c1-15-12-28(13-21(15)25(30)31)24(29)23(16-10-11-16)27-26(32)33-14-22-19-8-4-2-6-17(19)18-7-3-5-9-20(18)22/h2-9,15-16,21-23H,10-14H2,1H3,(H,27,32)(H,30,31). The third-order valence-corrected chi connectivity index (χ3v) is 7.22. The number of carboxylic acids is 1. The number of hydrogen-bond donors (Lipinski definition) is 2. The monoisotopic (exact) mass is 448 g/mol. The smallest absolute Gasteiger partial charge is 0.407 e. The molecule has 3 unspecified atom stereocenters. The zero-order chi connectivity index (χ0) is 23.1. The molecule has 33 heavy (non-hydrogen) atoms. The fourth-order valence-electron chi connectivity index (χ4n) is 5.24. The first kappa shape index (κ1) is 21.5. The summed E-state index contributed by atoms with van der Waals surface area (Å²) in [6, 6.07) is 15.6. The van der Waals surface area contributed by atoms with E-state index in [4.69, 9.17) is 4.74 Å². The minimum absolute atomic E-state index is 0.0472. The predicted octanol–water partition coefficient (Wildman–Crippen LogP) is 3.48. The molecule has 0 bridgehead atoms. The van der Waals surface area contributed by atoms with Gasteiger partial charge in [0, 0.05) is 19.0 Å². The van der Waals surface area contributed by atoms with Crippen molar-refractivity contribution in [3.05, 3.63) is 59.7 Å². The second-order valence-corrected chi connectivity index (χ2v) is 9.45. The first-order valence-corrected chi connectivity index (χ1v) is 11.6. The van der Waals surface area contributed by atoms with Crippen molar-refractivity contribution in [2.45, 2.75) is 31.7 Å². The molecule has 0 spiro atoms. The van der Waals surface area contributed by atoms with Crippen LogP contribution in [0.5, 0.6) is 0 Å². The van der Waals surface area contributed by atoms with Crippen LogP contribution >= 0.6 is 0 Å². The Bertz CT molecular complexity index is 1050. The van der Waals surface area contributed by atoms with Crippen LogP contribution in [0.3, 0.4) is 0 Å². The van der Waals surface area contributed by atoms with E-state index < -0.39 is 24.0 Å². The van der Waals surface area contributed by atoms with Crippen molar-refractivity contribution in [3.63, 3.8) is 0 Å². The molecular formula is C26H28N2O5. The summed E-state index contributed by atoms with van der Waals surface area (Å²) in [7, 11) is 0. The molecule has 172 valence electrons. The van der Waals surface area contributed by atoms with Gasteiger partial charge < -0.3 is 20.1 Å². The Labute approximate surface area is 192 Å². The van der Waals surface area contributed by atoms with E-state index in [9.17, 15) is 19.5 Å². The summed E-state index contributed by atoms with van der Waals surface area (Å²) in [5.41, 5.74) is 4.58. The molecule has 2 amide bonds. The molecule has 1 saturated heterocycles. The lowest BCUT2D eigenvalue weighted by Gasteiger charge is -2.24. The maximum atomic E-state index is 13.1. The highest BCUT2D eigenvalue weighted by Gasteiger charge is 2.44. The van der Waals surface area contributed by atoms with Crippen molar-refractivity contribution in [1.82, 2.24) is 10.2 Å². The van der Waals surface area contributed by atoms with Gasteiger partial charge in [-0.05, 0) is 46.9 Å². The number of ether oxygens (including phenoxy) is 1. The van der Waals surface area contributed by atoms with Crippen molar-refractivity contribution in [1.29, 1.82) is 0 Å². The molecule has 3 atom stereocenters. The third-order valence-electron chi connectivity index (χ3n) is 7.22. The first-order valence-electron chi connectivity index (χ1n) is 11.6. The van der Waals surface area contributed by atoms with Gasteiger partial charge >= 0.3 is 12.1 Å². The van der Waals surface area contributed by atoms with Crippen LogP contribution in [0.25, 0.3) is 11.1 Å². The summed E-state index contributed by atoms with van der Waals surface area (Å²) in [5, 5.41) is 12.2. The lowest BCUT2D eigenvalue weighted by molar-refractivity contribution is -0.142. The number of carbonyl (C=O) groups is 3. The van der Waals surface area contributed by atoms with E-state index in [1.165, 1.54) is 0 Å². The van der Waals surface area contributed by atoms with Gasteiger partial charge in [-0.1, -0.05) is 55.5 Å². The Morgan fingerprint density at radius 3 is 2.18 bits per heavy atom. The van der Waals surface area contributed by atoms with E-state index in [0.29, 0.717) is 6.54 Å². The summed E-state index contributed by atoms with van der Waals surface area (Å²) in [5.74, 6) is -1.73. The van der Waals surface area contributed by atoms with Crippen LogP contribution in [0.1, 0.15) is 36.8 Å². The molecule has 2 N–H and O–H groups in total. The van der Waals surface area contributed by atoms with Crippen LogP contribution in [0.15, 0.2) is 48.5 Å². The molecular weight excluding hydrogens is 420 g/mol. The van der Waals surface area contributed by atoms with Gasteiger partial charge in [-0.2, -0.15) is 0 Å². The van der Waals surface area contributed by atoms with E-state index in [1.54, 1.807) is 4.90 Å². The molecule has 2 aliphatic carbocycles. The zero-order valence-corrected chi connectivity index (χ0v) is 18.6. The maximum Gasteiger partial charge on any atom is 0.407 e. The number of amides is 2. The predicted molar refractivity (Wildman–Crippen MR) is 122 cm³/mol. The fraction of sp³-hybridized carbons (Fsp3) is 0.423. The number of nitrogens with one attached hydrogen (secondary N) is 1. The van der Waals surface area contributed by atoms with Gasteiger partial charge in [0.15, 0.2) is 0 Å². The Kier molecular flexibility index (Phi) is 5.56. The third kappa shape index (κ3) is 4.08. The van der Waals surface area contributed by atoms with Crippen molar-refractivity contribution < 1.29 is 24.2 Å². The summed E-state index contributed by atoms with van der Waals surface area (Å²) in [6.07, 6.45) is 1.13. The number of aliphatic carboxylic acids is 1. The number of carboxylic acid groups (broad SMARTS) is 1. The highest BCUT2D eigenvalue weighted by atomic mass is 16.5. The molecule has 3 aliphatic rings. The van der Waals surface area contributed by atoms with Crippen LogP contribution in [0, 0.1) is 17.8 Å². The average Bonchev–Trinajstić information content (AvgIpc) is 3.50. The molecule has 1 heterocycles. The van der Waals surface area contributed by atoms with Crippen LogP contribution in [-0.4, -0.2) is 53.7 Å². The van der Waals surface area contributed by atoms with Crippen molar-refractivity contribution in [2.75, 3.05) is 19.7 Å². The number of fused-ring (bicyclic) bond motifs is 3. The van der Waals surface area contributed by atoms with Crippen LogP contribution in [-0.2, 0) is 14.3 Å². The molecule has 2 aromatic carbocycles. The Morgan fingerprint density at radius 2 is 1.64 bits per heavy atom. The Morgan fingerprint density at radius 1 is 1.03 bits per heavy atom. The van der Waals surface area contributed by atoms with Gasteiger partial charge in [0.05, 0.1) is 5.92 Å². The van der Waals surface area contributed by atoms with E-state index in [1.807, 2.05) is 31.2 Å². The molecule has 1 aliphatic heterocycles. The van der Waals surface area contributed by atoms with E-state index >= 15 is 0 Å². The molecule has 2 fully saturated rings. The molecule has 7 nitrogen and oxygen atoms in total. The molecule has 5 rings (SSSR count). The van der Waals surface area contributed by atoms with Crippen LogP contribution < -0.4 is 5.32 Å². The summed E-state index contributed by atoms with van der Waals surface area (Å²) < 4.78 is 5.63.